The van der Waals surface area contributed by atoms with Gasteiger partial charge in [-0.15, -0.1) is 0 Å². The highest BCUT2D eigenvalue weighted by atomic mass is 16.8. The standard InChI is InChI=1S/C20H32N2O5/c1-20(2,3)27-19(24)21-12-8-6-5-7-11-17(21)14-16-10-9-13-22(18(16)23)26-15-25-4/h7,10-11,17H,5-6,8-9,12-15H2,1-4H3/b11-7-/t17-/m0/s1. The second-order valence-corrected chi connectivity index (χ2v) is 7.83. The van der Waals surface area contributed by atoms with Crippen LogP contribution in [-0.2, 0) is 19.1 Å². The van der Waals surface area contributed by atoms with Gasteiger partial charge in [0.1, 0.15) is 5.60 Å². The number of hydrogen-bond acceptors (Lipinski definition) is 5. The van der Waals surface area contributed by atoms with Crippen LogP contribution in [0.3, 0.4) is 0 Å². The minimum absolute atomic E-state index is 0.0341. The SMILES string of the molecule is COCON1CCC=C(C[C@@H]2/C=C\CCCCN2C(=O)OC(C)(C)C)C1=O. The summed E-state index contributed by atoms with van der Waals surface area (Å²) < 4.78 is 10.5. The van der Waals surface area contributed by atoms with Crippen LogP contribution in [0.4, 0.5) is 4.79 Å². The Labute approximate surface area is 161 Å². The van der Waals surface area contributed by atoms with Gasteiger partial charge in [-0.3, -0.25) is 4.79 Å². The fourth-order valence-electron chi connectivity index (χ4n) is 3.13. The van der Waals surface area contributed by atoms with Gasteiger partial charge >= 0.3 is 6.09 Å². The van der Waals surface area contributed by atoms with Crippen LogP contribution in [0, 0.1) is 0 Å². The Balaban J connectivity index is 2.13. The van der Waals surface area contributed by atoms with Crippen molar-refractivity contribution in [2.45, 2.75) is 64.5 Å². The number of nitrogens with zero attached hydrogens (tertiary/aromatic N) is 2. The van der Waals surface area contributed by atoms with Crippen molar-refractivity contribution in [2.75, 3.05) is 27.0 Å². The average Bonchev–Trinajstić information content (AvgIpc) is 2.56. The van der Waals surface area contributed by atoms with Crippen molar-refractivity contribution in [2.24, 2.45) is 0 Å². The number of amides is 2. The molecule has 2 amide bonds. The number of methoxy groups -OCH3 is 1. The maximum absolute atomic E-state index is 12.7. The fraction of sp³-hybridized carbons (Fsp3) is 0.700. The molecule has 0 spiro atoms. The van der Waals surface area contributed by atoms with Gasteiger partial charge in [-0.25, -0.2) is 14.7 Å². The lowest BCUT2D eigenvalue weighted by molar-refractivity contribution is -0.217. The Morgan fingerprint density at radius 3 is 2.70 bits per heavy atom. The van der Waals surface area contributed by atoms with E-state index in [1.54, 1.807) is 4.90 Å². The van der Waals surface area contributed by atoms with Crippen LogP contribution in [0.25, 0.3) is 0 Å². The molecule has 0 aliphatic carbocycles. The normalized spacial score (nSPS) is 22.7. The molecule has 0 saturated carbocycles. The largest absolute Gasteiger partial charge is 0.444 e. The van der Waals surface area contributed by atoms with E-state index in [-0.39, 0.29) is 24.8 Å². The lowest BCUT2D eigenvalue weighted by Gasteiger charge is -2.34. The van der Waals surface area contributed by atoms with Gasteiger partial charge in [0.25, 0.3) is 5.91 Å². The Bertz CT molecular complexity index is 579. The van der Waals surface area contributed by atoms with Crippen molar-refractivity contribution in [3.05, 3.63) is 23.8 Å². The Morgan fingerprint density at radius 2 is 2.00 bits per heavy atom. The molecule has 7 heteroatoms. The second kappa shape index (κ2) is 9.90. The summed E-state index contributed by atoms with van der Waals surface area (Å²) in [4.78, 5) is 32.5. The Kier molecular flexibility index (Phi) is 7.86. The number of allylic oxidation sites excluding steroid dienone is 1. The van der Waals surface area contributed by atoms with Gasteiger partial charge in [0.15, 0.2) is 6.79 Å². The molecule has 0 radical (unpaired) electrons. The lowest BCUT2D eigenvalue weighted by Crippen LogP contribution is -2.45. The molecule has 27 heavy (non-hydrogen) atoms. The van der Waals surface area contributed by atoms with Crippen molar-refractivity contribution >= 4 is 12.0 Å². The summed E-state index contributed by atoms with van der Waals surface area (Å²) in [5.41, 5.74) is 0.0967. The van der Waals surface area contributed by atoms with E-state index in [4.69, 9.17) is 14.3 Å². The van der Waals surface area contributed by atoms with E-state index in [1.807, 2.05) is 32.9 Å². The van der Waals surface area contributed by atoms with Crippen molar-refractivity contribution in [1.29, 1.82) is 0 Å². The van der Waals surface area contributed by atoms with Gasteiger partial charge < -0.3 is 14.4 Å². The van der Waals surface area contributed by atoms with E-state index in [1.165, 1.54) is 12.2 Å². The van der Waals surface area contributed by atoms with Crippen LogP contribution in [-0.4, -0.2) is 60.6 Å². The predicted octanol–water partition coefficient (Wildman–Crippen LogP) is 3.42. The summed E-state index contributed by atoms with van der Waals surface area (Å²) in [6.07, 6.45) is 9.80. The number of rotatable bonds is 5. The molecule has 2 aliphatic heterocycles. The van der Waals surface area contributed by atoms with Gasteiger partial charge in [-0.1, -0.05) is 18.2 Å². The molecular weight excluding hydrogens is 348 g/mol. The van der Waals surface area contributed by atoms with E-state index in [0.717, 1.165) is 19.3 Å². The van der Waals surface area contributed by atoms with E-state index in [9.17, 15) is 9.59 Å². The summed E-state index contributed by atoms with van der Waals surface area (Å²) >= 11 is 0. The molecule has 0 aromatic heterocycles. The third-order valence-electron chi connectivity index (χ3n) is 4.39. The first-order valence-electron chi connectivity index (χ1n) is 9.61. The number of carbonyl (C=O) groups is 2. The molecular formula is C20H32N2O5. The number of carbonyl (C=O) groups excluding carboxylic acids is 2. The fourth-order valence-corrected chi connectivity index (χ4v) is 3.13. The zero-order valence-corrected chi connectivity index (χ0v) is 16.9. The van der Waals surface area contributed by atoms with Crippen LogP contribution in [0.5, 0.6) is 0 Å². The maximum atomic E-state index is 12.7. The summed E-state index contributed by atoms with van der Waals surface area (Å²) in [7, 11) is 1.52. The first-order chi connectivity index (χ1) is 12.8. The highest BCUT2D eigenvalue weighted by molar-refractivity contribution is 5.93. The molecule has 0 saturated heterocycles. The van der Waals surface area contributed by atoms with E-state index in [0.29, 0.717) is 31.5 Å². The molecule has 0 N–H and O–H groups in total. The Hall–Kier alpha value is -1.86. The zero-order chi connectivity index (χ0) is 19.9. The quantitative estimate of drug-likeness (QED) is 0.540. The highest BCUT2D eigenvalue weighted by Gasteiger charge is 2.31. The minimum atomic E-state index is -0.557. The summed E-state index contributed by atoms with van der Waals surface area (Å²) in [5, 5.41) is 1.34. The molecule has 2 aliphatic rings. The first kappa shape index (κ1) is 21.4. The molecule has 0 unspecified atom stereocenters. The predicted molar refractivity (Wildman–Crippen MR) is 102 cm³/mol. The van der Waals surface area contributed by atoms with Crippen LogP contribution in [0.2, 0.25) is 0 Å². The summed E-state index contributed by atoms with van der Waals surface area (Å²) in [6.45, 7) is 6.73. The molecule has 0 bridgehead atoms. The smallest absolute Gasteiger partial charge is 0.410 e. The van der Waals surface area contributed by atoms with Gasteiger partial charge in [-0.05, 0) is 46.5 Å². The van der Waals surface area contributed by atoms with E-state index >= 15 is 0 Å². The van der Waals surface area contributed by atoms with Crippen LogP contribution >= 0.6 is 0 Å². The van der Waals surface area contributed by atoms with Crippen molar-refractivity contribution in [3.63, 3.8) is 0 Å². The van der Waals surface area contributed by atoms with E-state index < -0.39 is 5.60 Å². The van der Waals surface area contributed by atoms with Crippen molar-refractivity contribution < 1.29 is 23.9 Å². The van der Waals surface area contributed by atoms with Crippen molar-refractivity contribution in [3.8, 4) is 0 Å². The Morgan fingerprint density at radius 1 is 1.22 bits per heavy atom. The van der Waals surface area contributed by atoms with E-state index in [2.05, 4.69) is 6.08 Å². The van der Waals surface area contributed by atoms with Gasteiger partial charge in [-0.2, -0.15) is 0 Å². The van der Waals surface area contributed by atoms with Crippen molar-refractivity contribution in [1.82, 2.24) is 9.96 Å². The molecule has 7 nitrogen and oxygen atoms in total. The average molecular weight is 380 g/mol. The molecule has 1 atom stereocenters. The highest BCUT2D eigenvalue weighted by Crippen LogP contribution is 2.24. The number of hydrogen-bond donors (Lipinski definition) is 0. The molecule has 0 aromatic rings. The molecule has 0 fully saturated rings. The third kappa shape index (κ3) is 6.66. The molecule has 2 rings (SSSR count). The molecule has 152 valence electrons. The van der Waals surface area contributed by atoms with Crippen LogP contribution in [0.1, 0.15) is 52.9 Å². The first-order valence-corrected chi connectivity index (χ1v) is 9.61. The van der Waals surface area contributed by atoms with Crippen LogP contribution in [0.15, 0.2) is 23.8 Å². The second-order valence-electron chi connectivity index (χ2n) is 7.83. The zero-order valence-electron chi connectivity index (χ0n) is 16.9. The number of hydroxylamine groups is 2. The van der Waals surface area contributed by atoms with Crippen LogP contribution < -0.4 is 0 Å². The summed E-state index contributed by atoms with van der Waals surface area (Å²) in [5.74, 6) is -0.169. The number of ether oxygens (including phenoxy) is 2. The molecule has 2 heterocycles. The third-order valence-corrected chi connectivity index (χ3v) is 4.39. The van der Waals surface area contributed by atoms with Gasteiger partial charge in [0, 0.05) is 25.6 Å². The lowest BCUT2D eigenvalue weighted by atomic mass is 9.98. The topological polar surface area (TPSA) is 68.3 Å². The molecule has 0 aromatic carbocycles. The monoisotopic (exact) mass is 380 g/mol. The maximum Gasteiger partial charge on any atom is 0.410 e. The minimum Gasteiger partial charge on any atom is -0.444 e. The van der Waals surface area contributed by atoms with Gasteiger partial charge in [0.05, 0.1) is 12.6 Å². The van der Waals surface area contributed by atoms with Gasteiger partial charge in [0.2, 0.25) is 0 Å². The summed E-state index contributed by atoms with van der Waals surface area (Å²) in [6, 6.07) is -0.210.